The molecule has 0 N–H and O–H groups in total. The van der Waals surface area contributed by atoms with Crippen LogP contribution in [0.5, 0.6) is 0 Å². The molecule has 2 nitrogen and oxygen atoms in total. The quantitative estimate of drug-likeness (QED) is 0.780. The Labute approximate surface area is 117 Å². The Kier molecular flexibility index (Phi) is 3.04. The molecule has 0 saturated heterocycles. The van der Waals surface area contributed by atoms with Crippen molar-refractivity contribution >= 4 is 17.0 Å². The topological polar surface area (TPSA) is 27.0 Å². The molecule has 1 aromatic heterocycles. The molecule has 0 bridgehead atoms. The highest BCUT2D eigenvalue weighted by atomic mass is 32.1. The van der Waals surface area contributed by atoms with Gasteiger partial charge < -0.3 is 4.90 Å². The summed E-state index contributed by atoms with van der Waals surface area (Å²) in [7, 11) is 0. The van der Waals surface area contributed by atoms with E-state index in [0.29, 0.717) is 6.04 Å². The lowest BCUT2D eigenvalue weighted by Crippen LogP contribution is -2.33. The predicted molar refractivity (Wildman–Crippen MR) is 79.7 cm³/mol. The van der Waals surface area contributed by atoms with Crippen LogP contribution in [-0.4, -0.2) is 6.54 Å². The number of fused-ring (bicyclic) bond motifs is 1. The first-order valence-electron chi connectivity index (χ1n) is 6.54. The van der Waals surface area contributed by atoms with Gasteiger partial charge in [0, 0.05) is 17.1 Å². The van der Waals surface area contributed by atoms with E-state index in [4.69, 9.17) is 5.26 Å². The molecular formula is C16H16N2S. The van der Waals surface area contributed by atoms with Crippen LogP contribution >= 0.6 is 11.3 Å². The van der Waals surface area contributed by atoms with Crippen molar-refractivity contribution in [2.45, 2.75) is 26.3 Å². The van der Waals surface area contributed by atoms with E-state index in [9.17, 15) is 0 Å². The molecule has 2 heterocycles. The van der Waals surface area contributed by atoms with Crippen molar-refractivity contribution in [1.82, 2.24) is 0 Å². The Bertz CT molecular complexity index is 651. The third-order valence-corrected chi connectivity index (χ3v) is 4.94. The number of thiophene rings is 1. The number of rotatable bonds is 1. The van der Waals surface area contributed by atoms with Crippen LogP contribution in [0.3, 0.4) is 0 Å². The van der Waals surface area contributed by atoms with Crippen LogP contribution in [-0.2, 0) is 6.42 Å². The minimum Gasteiger partial charge on any atom is -0.364 e. The molecule has 1 aliphatic heterocycles. The molecular weight excluding hydrogens is 252 g/mol. The summed E-state index contributed by atoms with van der Waals surface area (Å²) >= 11 is 1.87. The van der Waals surface area contributed by atoms with Crippen molar-refractivity contribution in [3.05, 3.63) is 51.2 Å². The van der Waals surface area contributed by atoms with Crippen molar-refractivity contribution in [1.29, 1.82) is 5.26 Å². The number of hydrogen-bond donors (Lipinski definition) is 0. The zero-order chi connectivity index (χ0) is 13.4. The fourth-order valence-corrected chi connectivity index (χ4v) is 3.78. The van der Waals surface area contributed by atoms with Gasteiger partial charge in [0.25, 0.3) is 0 Å². The van der Waals surface area contributed by atoms with E-state index in [1.54, 1.807) is 0 Å². The van der Waals surface area contributed by atoms with Crippen LogP contribution in [0.15, 0.2) is 29.6 Å². The van der Waals surface area contributed by atoms with Crippen LogP contribution in [0.4, 0.5) is 5.69 Å². The molecule has 96 valence electrons. The summed E-state index contributed by atoms with van der Waals surface area (Å²) in [4.78, 5) is 3.96. The minimum atomic E-state index is 0.419. The maximum atomic E-state index is 9.01. The molecule has 1 unspecified atom stereocenters. The Morgan fingerprint density at radius 3 is 2.95 bits per heavy atom. The third-order valence-electron chi connectivity index (χ3n) is 3.94. The van der Waals surface area contributed by atoms with Crippen molar-refractivity contribution in [2.24, 2.45) is 0 Å². The highest BCUT2D eigenvalue weighted by Gasteiger charge is 2.24. The molecule has 1 atom stereocenters. The summed E-state index contributed by atoms with van der Waals surface area (Å²) in [5, 5.41) is 11.2. The molecule has 2 aromatic rings. The summed E-state index contributed by atoms with van der Waals surface area (Å²) < 4.78 is 0. The van der Waals surface area contributed by atoms with Gasteiger partial charge in [0.15, 0.2) is 0 Å². The van der Waals surface area contributed by atoms with Gasteiger partial charge in [-0.1, -0.05) is 0 Å². The van der Waals surface area contributed by atoms with E-state index in [0.717, 1.165) is 24.1 Å². The van der Waals surface area contributed by atoms with Gasteiger partial charge in [-0.3, -0.25) is 0 Å². The fourth-order valence-electron chi connectivity index (χ4n) is 2.81. The second kappa shape index (κ2) is 4.71. The van der Waals surface area contributed by atoms with E-state index in [1.165, 1.54) is 16.1 Å². The average Bonchev–Trinajstić information content (AvgIpc) is 2.88. The third kappa shape index (κ3) is 2.02. The number of nitrogens with zero attached hydrogens (tertiary/aromatic N) is 2. The second-order valence-electron chi connectivity index (χ2n) is 5.03. The number of benzene rings is 1. The maximum absolute atomic E-state index is 9.01. The Hall–Kier alpha value is -1.79. The first-order valence-corrected chi connectivity index (χ1v) is 7.42. The highest BCUT2D eigenvalue weighted by Crippen LogP contribution is 2.36. The lowest BCUT2D eigenvalue weighted by atomic mass is 9.99. The lowest BCUT2D eigenvalue weighted by Gasteiger charge is -2.35. The van der Waals surface area contributed by atoms with E-state index in [2.05, 4.69) is 41.5 Å². The van der Waals surface area contributed by atoms with Crippen molar-refractivity contribution in [3.8, 4) is 6.07 Å². The normalized spacial score (nSPS) is 17.9. The number of anilines is 1. The molecule has 0 amide bonds. The number of hydrogen-bond acceptors (Lipinski definition) is 3. The maximum Gasteiger partial charge on any atom is 0.0994 e. The van der Waals surface area contributed by atoms with Crippen molar-refractivity contribution < 1.29 is 0 Å². The first-order chi connectivity index (χ1) is 9.20. The van der Waals surface area contributed by atoms with Crippen molar-refractivity contribution in [2.75, 3.05) is 11.4 Å². The molecule has 0 aliphatic carbocycles. The number of aryl methyl sites for hydroxylation is 1. The summed E-state index contributed by atoms with van der Waals surface area (Å²) in [6, 6.07) is 11.0. The molecule has 1 aliphatic rings. The smallest absolute Gasteiger partial charge is 0.0994 e. The zero-order valence-corrected chi connectivity index (χ0v) is 12.0. The van der Waals surface area contributed by atoms with Gasteiger partial charge in [-0.05, 0) is 61.0 Å². The largest absolute Gasteiger partial charge is 0.364 e. The number of nitriles is 1. The monoisotopic (exact) mass is 268 g/mol. The summed E-state index contributed by atoms with van der Waals surface area (Å²) in [5.74, 6) is 0. The van der Waals surface area contributed by atoms with Crippen LogP contribution in [0.2, 0.25) is 0 Å². The molecule has 19 heavy (non-hydrogen) atoms. The Morgan fingerprint density at radius 1 is 1.37 bits per heavy atom. The van der Waals surface area contributed by atoms with Crippen LogP contribution in [0.25, 0.3) is 0 Å². The van der Waals surface area contributed by atoms with Gasteiger partial charge in [0.1, 0.15) is 0 Å². The molecule has 0 radical (unpaired) electrons. The lowest BCUT2D eigenvalue weighted by molar-refractivity contribution is 0.632. The van der Waals surface area contributed by atoms with Gasteiger partial charge in [-0.15, -0.1) is 11.3 Å². The van der Waals surface area contributed by atoms with Crippen LogP contribution in [0.1, 0.15) is 34.5 Å². The minimum absolute atomic E-state index is 0.419. The highest BCUT2D eigenvalue weighted by molar-refractivity contribution is 7.10. The van der Waals surface area contributed by atoms with Crippen molar-refractivity contribution in [3.63, 3.8) is 0 Å². The summed E-state index contributed by atoms with van der Waals surface area (Å²) in [6.07, 6.45) is 1.12. The van der Waals surface area contributed by atoms with Crippen LogP contribution < -0.4 is 4.90 Å². The summed E-state index contributed by atoms with van der Waals surface area (Å²) in [6.45, 7) is 5.32. The van der Waals surface area contributed by atoms with Gasteiger partial charge in [-0.25, -0.2) is 0 Å². The van der Waals surface area contributed by atoms with Crippen LogP contribution in [0, 0.1) is 18.3 Å². The Morgan fingerprint density at radius 2 is 2.21 bits per heavy atom. The van der Waals surface area contributed by atoms with Gasteiger partial charge >= 0.3 is 0 Å². The Balaban J connectivity index is 1.96. The zero-order valence-electron chi connectivity index (χ0n) is 11.2. The average molecular weight is 268 g/mol. The van der Waals surface area contributed by atoms with E-state index in [-0.39, 0.29) is 0 Å². The SMILES string of the molecule is Cc1cc(N2CCc3sccc3C2C)ccc1C#N. The first kappa shape index (κ1) is 12.3. The van der Waals surface area contributed by atoms with E-state index >= 15 is 0 Å². The molecule has 0 fully saturated rings. The summed E-state index contributed by atoms with van der Waals surface area (Å²) in [5.41, 5.74) is 4.51. The second-order valence-corrected chi connectivity index (χ2v) is 6.03. The molecule has 3 rings (SSSR count). The van der Waals surface area contributed by atoms with Gasteiger partial charge in [0.05, 0.1) is 17.7 Å². The predicted octanol–water partition coefficient (Wildman–Crippen LogP) is 4.05. The standard InChI is InChI=1S/C16H16N2S/c1-11-9-14(4-3-13(11)10-17)18-7-5-16-15(12(18)2)6-8-19-16/h3-4,6,8-9,12H,5,7H2,1-2H3. The van der Waals surface area contributed by atoms with E-state index in [1.807, 2.05) is 24.3 Å². The van der Waals surface area contributed by atoms with E-state index < -0.39 is 0 Å². The molecule has 0 spiro atoms. The fraction of sp³-hybridized carbons (Fsp3) is 0.312. The molecule has 0 saturated carbocycles. The van der Waals surface area contributed by atoms with Gasteiger partial charge in [-0.2, -0.15) is 5.26 Å². The molecule has 1 aromatic carbocycles. The molecule has 3 heteroatoms. The van der Waals surface area contributed by atoms with Gasteiger partial charge in [0.2, 0.25) is 0 Å².